The Morgan fingerprint density at radius 3 is 1.26 bits per heavy atom. The molecule has 0 bridgehead atoms. The van der Waals surface area contributed by atoms with Crippen LogP contribution in [0.3, 0.4) is 0 Å². The van der Waals surface area contributed by atoms with Crippen LogP contribution in [0.25, 0.3) is 10.9 Å². The number of ether oxygens (including phenoxy) is 2. The predicted octanol–water partition coefficient (Wildman–Crippen LogP) is 16.6. The number of aromatic carboxylic acids is 3. The number of aromatic nitrogens is 1. The van der Waals surface area contributed by atoms with E-state index in [9.17, 15) is 14.4 Å². The van der Waals surface area contributed by atoms with Crippen molar-refractivity contribution in [3.63, 3.8) is 0 Å². The maximum absolute atomic E-state index is 11.1. The zero-order valence-corrected chi connectivity index (χ0v) is 61.5. The van der Waals surface area contributed by atoms with Crippen molar-refractivity contribution in [2.75, 3.05) is 39.3 Å². The maximum Gasteiger partial charge on any atom is 0.335 e. The van der Waals surface area contributed by atoms with Crippen LogP contribution in [0.4, 0.5) is 0 Å². The summed E-state index contributed by atoms with van der Waals surface area (Å²) in [5, 5.41) is 42.6. The van der Waals surface area contributed by atoms with E-state index in [-0.39, 0.29) is 50.1 Å². The lowest BCUT2D eigenvalue weighted by atomic mass is 9.81. The van der Waals surface area contributed by atoms with Gasteiger partial charge in [-0.15, -0.1) is 0 Å². The molecule has 2 aliphatic carbocycles. The third kappa shape index (κ3) is 14.5. The summed E-state index contributed by atoms with van der Waals surface area (Å²) in [6.07, 6.45) is 15.1. The highest BCUT2D eigenvalue weighted by molar-refractivity contribution is 6.32. The molecule has 0 unspecified atom stereocenters. The molecule has 0 atom stereocenters. The zero-order chi connectivity index (χ0) is 72.0. The Hall–Kier alpha value is -8.55. The predicted molar refractivity (Wildman–Crippen MR) is 399 cm³/mol. The lowest BCUT2D eigenvalue weighted by molar-refractivity contribution is -0.0628. The molecule has 0 radical (unpaired) electrons. The number of oxime groups is 3. The fourth-order valence-corrected chi connectivity index (χ4v) is 18.2. The Morgan fingerprint density at radius 2 is 0.854 bits per heavy atom. The quantitative estimate of drug-likeness (QED) is 0.0981. The minimum absolute atomic E-state index is 0.0767. The van der Waals surface area contributed by atoms with Crippen molar-refractivity contribution in [2.45, 2.75) is 216 Å². The lowest BCUT2D eigenvalue weighted by Crippen LogP contribution is -2.44. The van der Waals surface area contributed by atoms with Gasteiger partial charge in [0.25, 0.3) is 0 Å². The molecule has 0 amide bonds. The number of carbonyl (C=O) groups is 3. The molecule has 540 valence electrons. The fraction of sp³-hybridized carbons (Fsp3) is 0.476. The third-order valence-electron chi connectivity index (χ3n) is 23.9. The van der Waals surface area contributed by atoms with E-state index in [1.807, 2.05) is 36.4 Å². The number of carboxylic acid groups (broad SMARTS) is 3. The topological polar surface area (TPSA) is 210 Å². The molecule has 19 heteroatoms. The van der Waals surface area contributed by atoms with Crippen molar-refractivity contribution in [2.24, 2.45) is 15.5 Å². The van der Waals surface area contributed by atoms with Crippen LogP contribution < -0.4 is 9.47 Å². The van der Waals surface area contributed by atoms with Crippen molar-refractivity contribution in [1.29, 1.82) is 0 Å². The van der Waals surface area contributed by atoms with Crippen molar-refractivity contribution < 1.29 is 53.7 Å². The molecule has 5 fully saturated rings. The first-order chi connectivity index (χ1) is 49.2. The van der Waals surface area contributed by atoms with E-state index in [1.165, 1.54) is 75.7 Å². The van der Waals surface area contributed by atoms with E-state index in [1.54, 1.807) is 36.4 Å². The van der Waals surface area contributed by atoms with Gasteiger partial charge >= 0.3 is 17.9 Å². The van der Waals surface area contributed by atoms with E-state index in [0.717, 1.165) is 180 Å². The minimum atomic E-state index is -0.922. The van der Waals surface area contributed by atoms with Crippen LogP contribution in [0.15, 0.2) is 137 Å². The molecule has 3 N–H and O–H groups in total. The summed E-state index contributed by atoms with van der Waals surface area (Å²) < 4.78 is 15.0. The van der Waals surface area contributed by atoms with Crippen LogP contribution in [-0.4, -0.2) is 137 Å². The Balaban J connectivity index is 0.000000125. The molecule has 2 saturated carbocycles. The molecule has 3 saturated heterocycles. The highest BCUT2D eigenvalue weighted by Crippen LogP contribution is 2.62. The van der Waals surface area contributed by atoms with Gasteiger partial charge in [-0.25, -0.2) is 14.4 Å². The lowest BCUT2D eigenvalue weighted by Gasteiger charge is -2.39. The van der Waals surface area contributed by atoms with Gasteiger partial charge in [-0.1, -0.05) is 87.7 Å². The Morgan fingerprint density at radius 1 is 0.476 bits per heavy atom. The smallest absolute Gasteiger partial charge is 0.335 e. The van der Waals surface area contributed by atoms with Crippen molar-refractivity contribution in [1.82, 2.24) is 19.3 Å². The first kappa shape index (κ1) is 70.1. The van der Waals surface area contributed by atoms with Gasteiger partial charge in [-0.2, -0.15) is 0 Å². The van der Waals surface area contributed by atoms with E-state index in [0.29, 0.717) is 11.5 Å². The van der Waals surface area contributed by atoms with Crippen LogP contribution in [0.2, 0.25) is 5.02 Å². The van der Waals surface area contributed by atoms with Gasteiger partial charge in [0.05, 0.1) is 38.8 Å². The largest absolute Gasteiger partial charge is 0.488 e. The maximum atomic E-state index is 11.1. The number of piperidine rings is 3. The molecule has 7 aromatic rings. The summed E-state index contributed by atoms with van der Waals surface area (Å²) in [5.74, 6) is -0.781. The van der Waals surface area contributed by atoms with Gasteiger partial charge in [0.2, 0.25) is 0 Å². The van der Waals surface area contributed by atoms with E-state index in [2.05, 4.69) is 139 Å². The van der Waals surface area contributed by atoms with Crippen molar-refractivity contribution in [3.05, 3.63) is 199 Å². The number of fused-ring (bicyclic) bond motifs is 5. The summed E-state index contributed by atoms with van der Waals surface area (Å²) in [5.41, 5.74) is 16.8. The molecule has 5 spiro atoms. The summed E-state index contributed by atoms with van der Waals surface area (Å²) >= 11 is 6.74. The molecule has 103 heavy (non-hydrogen) atoms. The standard InChI is InChI=1S/C28H31ClN2O4.C28H33N3O3.C28H32N2O4/c1-26(2)17-27(7-8-27)21-13-18(14-22(29)24(21)34-26)16-31-11-9-28(10-12-31)15-23(30-35-28)19-3-5-20(6-4-19)25(32)33;1-18(2)31-20(4)19(3)24-15-21(5-10-26(24)31)17-30-13-11-28(12-14-30)16-25(29-34-28)22-6-8-23(9-7-22)27(32)33;1-26(2)18-27(9-10-27)22-15-19(3-8-24(22)33-26)17-30-13-11-28(12-14-30)16-23(29-34-28)20-4-6-21(7-5-20)25(31)32/h3-6,13-14H,7-12,15-17H2,1-2H3,(H,32,33);5-10,15,18H,11-14,16-17H2,1-4H3,(H,32,33);3-8,15H,9-14,16-18H2,1-2H3,(H,31,32). The van der Waals surface area contributed by atoms with Crippen LogP contribution >= 0.6 is 11.6 Å². The van der Waals surface area contributed by atoms with Crippen molar-refractivity contribution >= 4 is 57.5 Å². The average molecular weight is 1420 g/mol. The van der Waals surface area contributed by atoms with Crippen LogP contribution in [0.1, 0.15) is 231 Å². The fourth-order valence-electron chi connectivity index (χ4n) is 17.9. The molecule has 1 aromatic heterocycles. The molecule has 9 heterocycles. The van der Waals surface area contributed by atoms with Gasteiger partial charge in [0.1, 0.15) is 39.5 Å². The third-order valence-corrected chi connectivity index (χ3v) is 24.1. The molecule has 8 aliphatic heterocycles. The first-order valence-corrected chi connectivity index (χ1v) is 37.4. The number of hydrogen-bond acceptors (Lipinski definition) is 14. The van der Waals surface area contributed by atoms with Crippen LogP contribution in [0.5, 0.6) is 11.5 Å². The number of halogens is 1. The number of carboxylic acids is 3. The minimum Gasteiger partial charge on any atom is -0.488 e. The summed E-state index contributed by atoms with van der Waals surface area (Å²) in [4.78, 5) is 58.8. The summed E-state index contributed by atoms with van der Waals surface area (Å²) in [7, 11) is 0. The number of aryl methyl sites for hydroxylation is 1. The second-order valence-corrected chi connectivity index (χ2v) is 33.3. The number of hydrogen-bond donors (Lipinski definition) is 3. The van der Waals surface area contributed by atoms with E-state index in [4.69, 9.17) is 50.9 Å². The van der Waals surface area contributed by atoms with Gasteiger partial charge in [0.15, 0.2) is 0 Å². The second-order valence-electron chi connectivity index (χ2n) is 32.9. The van der Waals surface area contributed by atoms with Gasteiger partial charge < -0.3 is 43.9 Å². The molecule has 6 aromatic carbocycles. The SMILES string of the molecule is CC1(C)CC2(CC2)c2cc(CN3CCC4(CC3)CC(c3ccc(C(=O)O)cc3)=NO4)cc(Cl)c2O1.CC1(C)CC2(CC2)c2cc(CN3CCC4(CC3)CC(c3ccc(C(=O)O)cc3)=NO4)ccc2O1.Cc1c(C)n(C(C)C)c2ccc(CN3CCC4(CC3)CC(c3ccc(C(=O)O)cc3)=NO4)cc12. The number of benzene rings is 6. The molecule has 10 aliphatic rings. The summed E-state index contributed by atoms with van der Waals surface area (Å²) in [6, 6.07) is 39.3. The Kier molecular flexibility index (Phi) is 18.3. The summed E-state index contributed by atoms with van der Waals surface area (Å²) in [6.45, 7) is 26.2. The normalized spacial score (nSPS) is 21.7. The highest BCUT2D eigenvalue weighted by Gasteiger charge is 2.55. The van der Waals surface area contributed by atoms with Crippen molar-refractivity contribution in [3.8, 4) is 11.5 Å². The van der Waals surface area contributed by atoms with Crippen LogP contribution in [-0.2, 0) is 45.0 Å². The molecule has 18 nitrogen and oxygen atoms in total. The van der Waals surface area contributed by atoms with Gasteiger partial charge in [-0.3, -0.25) is 14.7 Å². The monoisotopic (exact) mass is 1410 g/mol. The highest BCUT2D eigenvalue weighted by atomic mass is 35.5. The second kappa shape index (κ2) is 26.9. The van der Waals surface area contributed by atoms with E-state index >= 15 is 0 Å². The average Bonchev–Trinajstić information content (AvgIpc) is 1.57. The van der Waals surface area contributed by atoms with E-state index < -0.39 is 17.9 Å². The zero-order valence-electron chi connectivity index (χ0n) is 60.7. The number of nitrogens with zero attached hydrogens (tertiary/aromatic N) is 7. The number of likely N-dealkylation sites (tertiary alicyclic amines) is 3. The van der Waals surface area contributed by atoms with Gasteiger partial charge in [-0.05, 0) is 194 Å². The Bertz CT molecular complexity index is 4540. The molecule has 17 rings (SSSR count). The first-order valence-electron chi connectivity index (χ1n) is 37.1. The van der Waals surface area contributed by atoms with Crippen LogP contribution in [0, 0.1) is 13.8 Å². The van der Waals surface area contributed by atoms with Gasteiger partial charge in [0, 0.05) is 161 Å². The molecular weight excluding hydrogens is 1320 g/mol. The Labute approximate surface area is 608 Å². The molecular formula is C84H96ClN7O11. The number of rotatable bonds is 13.